The van der Waals surface area contributed by atoms with Crippen LogP contribution in [0.1, 0.15) is 42.5 Å². The Morgan fingerprint density at radius 3 is 3.10 bits per heavy atom. The number of anilines is 1. The van der Waals surface area contributed by atoms with Gasteiger partial charge in [-0.2, -0.15) is 5.26 Å². The van der Waals surface area contributed by atoms with Crippen LogP contribution in [0.25, 0.3) is 10.2 Å². The number of nitriles is 1. The Morgan fingerprint density at radius 2 is 2.19 bits per heavy atom. The summed E-state index contributed by atoms with van der Waals surface area (Å²) in [5, 5.41) is 10.3. The van der Waals surface area contributed by atoms with Gasteiger partial charge in [-0.3, -0.25) is 0 Å². The number of aryl methyl sites for hydroxylation is 2. The average Bonchev–Trinajstić information content (AvgIpc) is 3.11. The highest BCUT2D eigenvalue weighted by Crippen LogP contribution is 2.40. The number of rotatable bonds is 2. The van der Waals surface area contributed by atoms with Crippen LogP contribution < -0.4 is 4.90 Å². The maximum Gasteiger partial charge on any atom is 0.141 e. The van der Waals surface area contributed by atoms with Crippen LogP contribution in [-0.2, 0) is 12.8 Å². The molecule has 0 aromatic carbocycles. The zero-order valence-electron chi connectivity index (χ0n) is 12.0. The molecule has 4 rings (SSSR count). The molecule has 21 heavy (non-hydrogen) atoms. The van der Waals surface area contributed by atoms with Crippen molar-refractivity contribution in [1.29, 1.82) is 5.26 Å². The van der Waals surface area contributed by atoms with E-state index < -0.39 is 0 Å². The van der Waals surface area contributed by atoms with Crippen LogP contribution in [0, 0.1) is 11.3 Å². The Hall–Kier alpha value is -1.67. The molecule has 0 N–H and O–H groups in total. The largest absolute Gasteiger partial charge is 0.352 e. The number of thiophene rings is 1. The number of nitrogens with zero attached hydrogens (tertiary/aromatic N) is 4. The van der Waals surface area contributed by atoms with Crippen LogP contribution in [0.2, 0.25) is 0 Å². The number of hydrogen-bond acceptors (Lipinski definition) is 5. The molecule has 5 heteroatoms. The summed E-state index contributed by atoms with van der Waals surface area (Å²) in [6.45, 7) is 1.02. The van der Waals surface area contributed by atoms with Gasteiger partial charge in [0.1, 0.15) is 17.0 Å². The van der Waals surface area contributed by atoms with Gasteiger partial charge in [0.05, 0.1) is 17.9 Å². The van der Waals surface area contributed by atoms with Crippen LogP contribution >= 0.6 is 11.3 Å². The molecule has 1 aliphatic carbocycles. The molecule has 1 atom stereocenters. The molecule has 1 aliphatic heterocycles. The number of fused-ring (bicyclic) bond motifs is 3. The van der Waals surface area contributed by atoms with Gasteiger partial charge in [-0.15, -0.1) is 11.3 Å². The lowest BCUT2D eigenvalue weighted by Crippen LogP contribution is -2.29. The number of hydrogen-bond donors (Lipinski definition) is 0. The lowest BCUT2D eigenvalue weighted by molar-refractivity contribution is 0.677. The van der Waals surface area contributed by atoms with Crippen LogP contribution in [0.5, 0.6) is 0 Å². The molecule has 2 aliphatic rings. The van der Waals surface area contributed by atoms with Gasteiger partial charge in [-0.05, 0) is 44.1 Å². The van der Waals surface area contributed by atoms with E-state index in [4.69, 9.17) is 5.26 Å². The first-order valence-electron chi connectivity index (χ1n) is 7.77. The lowest BCUT2D eigenvalue weighted by Gasteiger charge is -2.25. The van der Waals surface area contributed by atoms with Gasteiger partial charge >= 0.3 is 0 Å². The van der Waals surface area contributed by atoms with Gasteiger partial charge in [0.15, 0.2) is 0 Å². The monoisotopic (exact) mass is 298 g/mol. The van der Waals surface area contributed by atoms with E-state index >= 15 is 0 Å². The Bertz CT molecular complexity index is 715. The normalized spacial score (nSPS) is 21.5. The number of aromatic nitrogens is 2. The third kappa shape index (κ3) is 2.09. The Kier molecular flexibility index (Phi) is 3.27. The van der Waals surface area contributed by atoms with Crippen LogP contribution in [0.15, 0.2) is 6.33 Å². The Balaban J connectivity index is 1.85. The Morgan fingerprint density at radius 1 is 1.29 bits per heavy atom. The summed E-state index contributed by atoms with van der Waals surface area (Å²) < 4.78 is 0. The maximum atomic E-state index is 9.05. The van der Waals surface area contributed by atoms with Crippen molar-refractivity contribution >= 4 is 27.4 Å². The topological polar surface area (TPSA) is 52.8 Å². The first-order valence-corrected chi connectivity index (χ1v) is 8.59. The summed E-state index contributed by atoms with van der Waals surface area (Å²) in [5.41, 5.74) is 1.49. The van der Waals surface area contributed by atoms with Crippen molar-refractivity contribution in [3.63, 3.8) is 0 Å². The van der Waals surface area contributed by atoms with E-state index in [-0.39, 0.29) is 0 Å². The molecule has 0 saturated carbocycles. The molecule has 0 spiro atoms. The lowest BCUT2D eigenvalue weighted by atomic mass is 9.97. The summed E-state index contributed by atoms with van der Waals surface area (Å²) in [5.74, 6) is 1.08. The molecule has 0 radical (unpaired) electrons. The van der Waals surface area contributed by atoms with Gasteiger partial charge in [-0.25, -0.2) is 9.97 Å². The molecular weight excluding hydrogens is 280 g/mol. The highest BCUT2D eigenvalue weighted by atomic mass is 32.1. The van der Waals surface area contributed by atoms with Crippen molar-refractivity contribution in [2.75, 3.05) is 11.4 Å². The maximum absolute atomic E-state index is 9.05. The van der Waals surface area contributed by atoms with Crippen LogP contribution in [0.4, 0.5) is 5.82 Å². The molecule has 2 aromatic heterocycles. The van der Waals surface area contributed by atoms with Gasteiger partial charge in [0.2, 0.25) is 0 Å². The Labute approximate surface area is 128 Å². The van der Waals surface area contributed by atoms with E-state index in [2.05, 4.69) is 20.9 Å². The van der Waals surface area contributed by atoms with Crippen LogP contribution in [-0.4, -0.2) is 22.6 Å². The molecule has 4 nitrogen and oxygen atoms in total. The zero-order valence-corrected chi connectivity index (χ0v) is 12.8. The second-order valence-corrected chi connectivity index (χ2v) is 7.02. The second kappa shape index (κ2) is 5.27. The first kappa shape index (κ1) is 13.0. The second-order valence-electron chi connectivity index (χ2n) is 5.94. The minimum Gasteiger partial charge on any atom is -0.352 e. The van der Waals surface area contributed by atoms with Crippen molar-refractivity contribution in [2.24, 2.45) is 0 Å². The molecule has 1 unspecified atom stereocenters. The van der Waals surface area contributed by atoms with Gasteiger partial charge in [0.25, 0.3) is 0 Å². The fourth-order valence-corrected chi connectivity index (χ4v) is 4.95. The van der Waals surface area contributed by atoms with Gasteiger partial charge in [0, 0.05) is 17.5 Å². The van der Waals surface area contributed by atoms with Crippen LogP contribution in [0.3, 0.4) is 0 Å². The highest BCUT2D eigenvalue weighted by molar-refractivity contribution is 7.19. The van der Waals surface area contributed by atoms with Crippen molar-refractivity contribution < 1.29 is 0 Å². The summed E-state index contributed by atoms with van der Waals surface area (Å²) in [6, 6.07) is 2.66. The van der Waals surface area contributed by atoms with Crippen molar-refractivity contribution in [1.82, 2.24) is 9.97 Å². The first-order chi connectivity index (χ1) is 10.4. The van der Waals surface area contributed by atoms with E-state index in [1.54, 1.807) is 6.33 Å². The summed E-state index contributed by atoms with van der Waals surface area (Å²) in [7, 11) is 0. The van der Waals surface area contributed by atoms with E-state index in [9.17, 15) is 0 Å². The van der Waals surface area contributed by atoms with Crippen molar-refractivity contribution in [3.8, 4) is 6.07 Å². The molecule has 1 fully saturated rings. The fraction of sp³-hybridized carbons (Fsp3) is 0.562. The molecule has 0 bridgehead atoms. The molecule has 3 heterocycles. The quantitative estimate of drug-likeness (QED) is 0.852. The molecule has 1 saturated heterocycles. The predicted octanol–water partition coefficient (Wildman–Crippen LogP) is 3.45. The van der Waals surface area contributed by atoms with Gasteiger partial charge in [-0.1, -0.05) is 0 Å². The summed E-state index contributed by atoms with van der Waals surface area (Å²) in [6.07, 6.45) is 9.47. The average molecular weight is 298 g/mol. The van der Waals surface area contributed by atoms with E-state index in [0.717, 1.165) is 36.5 Å². The van der Waals surface area contributed by atoms with E-state index in [1.807, 2.05) is 11.3 Å². The summed E-state index contributed by atoms with van der Waals surface area (Å²) >= 11 is 1.84. The molecule has 108 valence electrons. The summed E-state index contributed by atoms with van der Waals surface area (Å²) in [4.78, 5) is 14.1. The smallest absolute Gasteiger partial charge is 0.141 e. The minimum atomic E-state index is 0.326. The standard InChI is InChI=1S/C16H18N4S/c17-8-7-11-4-3-9-20(11)15-14-12-5-1-2-6-13(12)21-16(14)19-10-18-15/h10-11H,1-7,9H2. The third-order valence-electron chi connectivity index (χ3n) is 4.71. The third-order valence-corrected chi connectivity index (χ3v) is 5.91. The van der Waals surface area contributed by atoms with Crippen molar-refractivity contribution in [3.05, 3.63) is 16.8 Å². The van der Waals surface area contributed by atoms with Gasteiger partial charge < -0.3 is 4.90 Å². The molecule has 0 amide bonds. The molecule has 2 aromatic rings. The van der Waals surface area contributed by atoms with Crippen molar-refractivity contribution in [2.45, 2.75) is 51.0 Å². The highest BCUT2D eigenvalue weighted by Gasteiger charge is 2.29. The van der Waals surface area contributed by atoms with E-state index in [1.165, 1.54) is 35.1 Å². The van der Waals surface area contributed by atoms with E-state index in [0.29, 0.717) is 12.5 Å². The molecular formula is C16H18N4S. The SMILES string of the molecule is N#CCC1CCCN1c1ncnc2sc3c(c12)CCCC3. The zero-order chi connectivity index (χ0) is 14.2. The fourth-order valence-electron chi connectivity index (χ4n) is 3.72. The minimum absolute atomic E-state index is 0.326. The predicted molar refractivity (Wildman–Crippen MR) is 84.7 cm³/mol.